The van der Waals surface area contributed by atoms with Crippen molar-refractivity contribution in [3.63, 3.8) is 0 Å². The zero-order chi connectivity index (χ0) is 15.3. The van der Waals surface area contributed by atoms with Crippen LogP contribution in [0.1, 0.15) is 38.8 Å². The number of halogens is 1. The van der Waals surface area contributed by atoms with E-state index in [9.17, 15) is 4.39 Å². The number of ether oxygens (including phenoxy) is 1. The highest BCUT2D eigenvalue weighted by molar-refractivity contribution is 5.37. The van der Waals surface area contributed by atoms with Crippen LogP contribution in [0, 0.1) is 11.7 Å². The molecule has 3 nitrogen and oxygen atoms in total. The molecule has 0 aliphatic carbocycles. The van der Waals surface area contributed by atoms with Gasteiger partial charge >= 0.3 is 0 Å². The molecule has 114 valence electrons. The third-order valence-corrected chi connectivity index (χ3v) is 4.06. The molecule has 4 heteroatoms. The van der Waals surface area contributed by atoms with Gasteiger partial charge in [-0.1, -0.05) is 19.9 Å². The molecule has 20 heavy (non-hydrogen) atoms. The van der Waals surface area contributed by atoms with Crippen LogP contribution < -0.4 is 10.5 Å². The van der Waals surface area contributed by atoms with Gasteiger partial charge in [-0.05, 0) is 45.0 Å². The normalized spacial score (nSPS) is 14.7. The summed E-state index contributed by atoms with van der Waals surface area (Å²) in [5.74, 6) is 0.813. The first-order valence-corrected chi connectivity index (χ1v) is 7.16. The summed E-state index contributed by atoms with van der Waals surface area (Å²) in [6, 6.07) is 4.94. The van der Waals surface area contributed by atoms with Crippen LogP contribution in [0.4, 0.5) is 4.39 Å². The average molecular weight is 282 g/mol. The number of nitrogens with zero attached hydrogens (tertiary/aromatic N) is 1. The number of nitrogens with two attached hydrogens (primary N) is 1. The van der Waals surface area contributed by atoms with Crippen LogP contribution in [0.2, 0.25) is 0 Å². The first-order valence-electron chi connectivity index (χ1n) is 7.16. The second-order valence-electron chi connectivity index (χ2n) is 5.72. The Balaban J connectivity index is 2.70. The van der Waals surface area contributed by atoms with E-state index < -0.39 is 0 Å². The van der Waals surface area contributed by atoms with Gasteiger partial charge in [0.25, 0.3) is 0 Å². The lowest BCUT2D eigenvalue weighted by atomic mass is 10.0. The lowest BCUT2D eigenvalue weighted by molar-refractivity contribution is 0.201. The van der Waals surface area contributed by atoms with Crippen LogP contribution in [0.25, 0.3) is 0 Å². The molecule has 0 spiro atoms. The smallest absolute Gasteiger partial charge is 0.131 e. The van der Waals surface area contributed by atoms with E-state index in [2.05, 4.69) is 32.7 Å². The largest absolute Gasteiger partial charge is 0.496 e. The lowest BCUT2D eigenvalue weighted by Crippen LogP contribution is -2.35. The van der Waals surface area contributed by atoms with Crippen LogP contribution in [-0.2, 0) is 0 Å². The molecule has 2 unspecified atom stereocenters. The van der Waals surface area contributed by atoms with E-state index in [1.54, 1.807) is 12.1 Å². The van der Waals surface area contributed by atoms with Crippen molar-refractivity contribution in [1.82, 2.24) is 4.90 Å². The Kier molecular flexibility index (Phi) is 6.43. The average Bonchev–Trinajstić information content (AvgIpc) is 2.42. The molecule has 0 fully saturated rings. The molecule has 0 radical (unpaired) electrons. The molecule has 0 bridgehead atoms. The topological polar surface area (TPSA) is 38.5 Å². The predicted molar refractivity (Wildman–Crippen MR) is 81.4 cm³/mol. The van der Waals surface area contributed by atoms with Gasteiger partial charge < -0.3 is 15.4 Å². The molecule has 0 amide bonds. The molecule has 1 rings (SSSR count). The van der Waals surface area contributed by atoms with Crippen molar-refractivity contribution in [3.8, 4) is 5.75 Å². The van der Waals surface area contributed by atoms with Crippen molar-refractivity contribution in [2.75, 3.05) is 20.7 Å². The first-order chi connectivity index (χ1) is 9.38. The minimum absolute atomic E-state index is 0.295. The van der Waals surface area contributed by atoms with E-state index in [0.29, 0.717) is 29.7 Å². The van der Waals surface area contributed by atoms with Gasteiger partial charge in [-0.25, -0.2) is 4.39 Å². The summed E-state index contributed by atoms with van der Waals surface area (Å²) >= 11 is 0. The van der Waals surface area contributed by atoms with E-state index in [1.807, 2.05) is 0 Å². The van der Waals surface area contributed by atoms with Crippen molar-refractivity contribution in [1.29, 1.82) is 0 Å². The van der Waals surface area contributed by atoms with E-state index in [4.69, 9.17) is 10.5 Å². The zero-order valence-electron chi connectivity index (χ0n) is 13.2. The highest BCUT2D eigenvalue weighted by Crippen LogP contribution is 2.28. The highest BCUT2D eigenvalue weighted by Gasteiger charge is 2.19. The van der Waals surface area contributed by atoms with Gasteiger partial charge in [-0.2, -0.15) is 0 Å². The Morgan fingerprint density at radius 1 is 1.30 bits per heavy atom. The van der Waals surface area contributed by atoms with E-state index in [1.165, 1.54) is 13.2 Å². The Hall–Kier alpha value is -1.13. The third kappa shape index (κ3) is 4.18. The second-order valence-corrected chi connectivity index (χ2v) is 5.72. The predicted octanol–water partition coefficient (Wildman–Crippen LogP) is 3.20. The van der Waals surface area contributed by atoms with Crippen molar-refractivity contribution in [2.24, 2.45) is 11.7 Å². The number of methoxy groups -OCH3 is 1. The molecule has 1 aromatic carbocycles. The second kappa shape index (κ2) is 7.60. The van der Waals surface area contributed by atoms with Crippen LogP contribution in [0.15, 0.2) is 18.2 Å². The van der Waals surface area contributed by atoms with Gasteiger partial charge in [0.15, 0.2) is 0 Å². The summed E-state index contributed by atoms with van der Waals surface area (Å²) in [6.07, 6.45) is 0.699. The molecule has 0 saturated carbocycles. The fourth-order valence-electron chi connectivity index (χ4n) is 2.25. The van der Waals surface area contributed by atoms with Gasteiger partial charge in [0.2, 0.25) is 0 Å². The Morgan fingerprint density at radius 3 is 2.50 bits per heavy atom. The summed E-state index contributed by atoms with van der Waals surface area (Å²) < 4.78 is 19.1. The van der Waals surface area contributed by atoms with Crippen molar-refractivity contribution in [3.05, 3.63) is 29.6 Å². The SMILES string of the molecule is COc1cccc(F)c1C(N)CCN(C)C(C)C(C)C. The Bertz CT molecular complexity index is 423. The molecule has 0 aliphatic heterocycles. The fraction of sp³-hybridized carbons (Fsp3) is 0.625. The maximum absolute atomic E-state index is 13.9. The van der Waals surface area contributed by atoms with Crippen molar-refractivity contribution >= 4 is 0 Å². The zero-order valence-corrected chi connectivity index (χ0v) is 13.2. The summed E-state index contributed by atoms with van der Waals surface area (Å²) in [7, 11) is 3.62. The summed E-state index contributed by atoms with van der Waals surface area (Å²) in [5, 5.41) is 0. The van der Waals surface area contributed by atoms with Gasteiger partial charge in [0, 0.05) is 17.6 Å². The fourth-order valence-corrected chi connectivity index (χ4v) is 2.25. The summed E-state index contributed by atoms with van der Waals surface area (Å²) in [6.45, 7) is 7.42. The minimum atomic E-state index is -0.354. The highest BCUT2D eigenvalue weighted by atomic mass is 19.1. The maximum Gasteiger partial charge on any atom is 0.131 e. The molecule has 1 aromatic rings. The lowest BCUT2D eigenvalue weighted by Gasteiger charge is -2.29. The van der Waals surface area contributed by atoms with Crippen LogP contribution >= 0.6 is 0 Å². The maximum atomic E-state index is 13.9. The quantitative estimate of drug-likeness (QED) is 0.834. The van der Waals surface area contributed by atoms with E-state index in [-0.39, 0.29) is 11.9 Å². The van der Waals surface area contributed by atoms with Crippen LogP contribution in [-0.4, -0.2) is 31.6 Å². The Labute approximate surface area is 121 Å². The molecule has 0 aliphatic rings. The molecule has 0 heterocycles. The first kappa shape index (κ1) is 16.9. The summed E-state index contributed by atoms with van der Waals surface area (Å²) in [5.41, 5.74) is 6.62. The molecule has 2 N–H and O–H groups in total. The third-order valence-electron chi connectivity index (χ3n) is 4.06. The molecular weight excluding hydrogens is 255 g/mol. The van der Waals surface area contributed by atoms with Gasteiger partial charge in [-0.3, -0.25) is 0 Å². The van der Waals surface area contributed by atoms with E-state index >= 15 is 0 Å². The van der Waals surface area contributed by atoms with Crippen LogP contribution in [0.5, 0.6) is 5.75 Å². The van der Waals surface area contributed by atoms with Crippen LogP contribution in [0.3, 0.4) is 0 Å². The number of hydrogen-bond acceptors (Lipinski definition) is 3. The number of hydrogen-bond donors (Lipinski definition) is 1. The van der Waals surface area contributed by atoms with Crippen molar-refractivity contribution < 1.29 is 9.13 Å². The van der Waals surface area contributed by atoms with Gasteiger partial charge in [0.1, 0.15) is 11.6 Å². The Morgan fingerprint density at radius 2 is 1.95 bits per heavy atom. The summed E-state index contributed by atoms with van der Waals surface area (Å²) in [4.78, 5) is 2.26. The van der Waals surface area contributed by atoms with E-state index in [0.717, 1.165) is 6.54 Å². The number of benzene rings is 1. The van der Waals surface area contributed by atoms with Gasteiger partial charge in [-0.15, -0.1) is 0 Å². The number of rotatable bonds is 7. The van der Waals surface area contributed by atoms with Crippen molar-refractivity contribution in [2.45, 2.75) is 39.3 Å². The molecule has 2 atom stereocenters. The minimum Gasteiger partial charge on any atom is -0.496 e. The molecule has 0 saturated heterocycles. The standard InChI is InChI=1S/C16H27FN2O/c1-11(2)12(3)19(4)10-9-14(18)16-13(17)7-6-8-15(16)20-5/h6-8,11-12,14H,9-10,18H2,1-5H3. The molecular formula is C16H27FN2O. The molecule has 0 aromatic heterocycles. The van der Waals surface area contributed by atoms with Gasteiger partial charge in [0.05, 0.1) is 7.11 Å². The monoisotopic (exact) mass is 282 g/mol.